The molecule has 1 rings (SSSR count). The zero-order chi connectivity index (χ0) is 15.3. The van der Waals surface area contributed by atoms with Crippen LogP contribution in [0.25, 0.3) is 0 Å². The second-order valence-electron chi connectivity index (χ2n) is 4.48. The molecule has 0 fully saturated rings. The van der Waals surface area contributed by atoms with E-state index in [9.17, 15) is 9.90 Å². The minimum absolute atomic E-state index is 0.0606. The van der Waals surface area contributed by atoms with Crippen LogP contribution in [0.4, 0.5) is 0 Å². The van der Waals surface area contributed by atoms with Gasteiger partial charge in [-0.15, -0.1) is 0 Å². The van der Waals surface area contributed by atoms with Crippen molar-refractivity contribution in [2.75, 3.05) is 13.7 Å². The molecule has 6 heteroatoms. The number of rotatable bonds is 6. The van der Waals surface area contributed by atoms with E-state index in [4.69, 9.17) is 27.9 Å². The molecule has 1 aromatic rings. The average Bonchev–Trinajstić information content (AvgIpc) is 2.46. The van der Waals surface area contributed by atoms with Gasteiger partial charge >= 0.3 is 5.97 Å². The predicted octanol–water partition coefficient (Wildman–Crippen LogP) is 3.62. The summed E-state index contributed by atoms with van der Waals surface area (Å²) >= 11 is 12.3. The smallest absolute Gasteiger partial charge is 0.343 e. The number of aliphatic hydroxyl groups is 1. The normalized spacial score (nSPS) is 13.7. The standard InChI is InChI=1S/C14H18Cl2O4/c1-4-8(2)14(18)9-5-6-10(13(16)12(9)15)20-7-11(17)19-3/h5-6,8,14,18H,4,7H2,1-3H3. The van der Waals surface area contributed by atoms with Gasteiger partial charge in [-0.25, -0.2) is 4.79 Å². The van der Waals surface area contributed by atoms with Gasteiger partial charge in [-0.2, -0.15) is 0 Å². The van der Waals surface area contributed by atoms with Gasteiger partial charge in [-0.1, -0.05) is 49.5 Å². The maximum absolute atomic E-state index is 11.0. The molecule has 112 valence electrons. The molecule has 0 aliphatic heterocycles. The molecule has 0 aliphatic carbocycles. The Morgan fingerprint density at radius 2 is 2.00 bits per heavy atom. The molecular formula is C14H18Cl2O4. The quantitative estimate of drug-likeness (QED) is 0.813. The summed E-state index contributed by atoms with van der Waals surface area (Å²) in [6.07, 6.45) is 0.120. The number of ether oxygens (including phenoxy) is 2. The van der Waals surface area contributed by atoms with E-state index >= 15 is 0 Å². The summed E-state index contributed by atoms with van der Waals surface area (Å²) in [5.74, 6) is -0.173. The third-order valence-corrected chi connectivity index (χ3v) is 4.03. The SMILES string of the molecule is CCC(C)C(O)c1ccc(OCC(=O)OC)c(Cl)c1Cl. The van der Waals surface area contributed by atoms with Crippen LogP contribution in [-0.4, -0.2) is 24.8 Å². The lowest BCUT2D eigenvalue weighted by atomic mass is 9.95. The first-order valence-electron chi connectivity index (χ1n) is 6.27. The summed E-state index contributed by atoms with van der Waals surface area (Å²) in [7, 11) is 1.27. The summed E-state index contributed by atoms with van der Waals surface area (Å²) in [4.78, 5) is 11.0. The Kier molecular flexibility index (Phi) is 6.59. The molecule has 20 heavy (non-hydrogen) atoms. The van der Waals surface area contributed by atoms with Gasteiger partial charge in [-0.05, 0) is 12.0 Å². The molecule has 0 saturated carbocycles. The average molecular weight is 321 g/mol. The van der Waals surface area contributed by atoms with Crippen LogP contribution in [-0.2, 0) is 9.53 Å². The number of methoxy groups -OCH3 is 1. The van der Waals surface area contributed by atoms with Gasteiger partial charge in [0.05, 0.1) is 18.2 Å². The van der Waals surface area contributed by atoms with Crippen LogP contribution >= 0.6 is 23.2 Å². The van der Waals surface area contributed by atoms with Gasteiger partial charge in [0.15, 0.2) is 6.61 Å². The Balaban J connectivity index is 2.94. The van der Waals surface area contributed by atoms with Crippen LogP contribution in [0.1, 0.15) is 31.9 Å². The van der Waals surface area contributed by atoms with Crippen LogP contribution < -0.4 is 4.74 Å². The number of aliphatic hydroxyl groups excluding tert-OH is 1. The van der Waals surface area contributed by atoms with Gasteiger partial charge in [0.2, 0.25) is 0 Å². The van der Waals surface area contributed by atoms with E-state index in [2.05, 4.69) is 4.74 Å². The van der Waals surface area contributed by atoms with E-state index in [0.717, 1.165) is 6.42 Å². The van der Waals surface area contributed by atoms with Crippen molar-refractivity contribution in [3.63, 3.8) is 0 Å². The summed E-state index contributed by atoms with van der Waals surface area (Å²) in [5.41, 5.74) is 0.552. The first kappa shape index (κ1) is 17.1. The van der Waals surface area contributed by atoms with Gasteiger partial charge in [0.1, 0.15) is 10.8 Å². The number of carbonyl (C=O) groups is 1. The molecule has 0 heterocycles. The minimum atomic E-state index is -0.695. The molecular weight excluding hydrogens is 303 g/mol. The van der Waals surface area contributed by atoms with E-state index in [1.54, 1.807) is 12.1 Å². The highest BCUT2D eigenvalue weighted by Crippen LogP contribution is 2.39. The Morgan fingerprint density at radius 3 is 2.55 bits per heavy atom. The fourth-order valence-corrected chi connectivity index (χ4v) is 2.11. The molecule has 1 aromatic carbocycles. The highest BCUT2D eigenvalue weighted by molar-refractivity contribution is 6.43. The largest absolute Gasteiger partial charge is 0.480 e. The van der Waals surface area contributed by atoms with E-state index in [1.807, 2.05) is 13.8 Å². The molecule has 0 aromatic heterocycles. The monoisotopic (exact) mass is 320 g/mol. The summed E-state index contributed by atoms with van der Waals surface area (Å²) in [6, 6.07) is 3.23. The van der Waals surface area contributed by atoms with E-state index in [0.29, 0.717) is 5.56 Å². The summed E-state index contributed by atoms with van der Waals surface area (Å²) < 4.78 is 9.69. The fraction of sp³-hybridized carbons (Fsp3) is 0.500. The van der Waals surface area contributed by atoms with Crippen molar-refractivity contribution in [2.24, 2.45) is 5.92 Å². The van der Waals surface area contributed by atoms with Gasteiger partial charge < -0.3 is 14.6 Å². The molecule has 0 bridgehead atoms. The number of esters is 1. The summed E-state index contributed by atoms with van der Waals surface area (Å²) in [5, 5.41) is 10.6. The highest BCUT2D eigenvalue weighted by Gasteiger charge is 2.21. The van der Waals surface area contributed by atoms with Gasteiger partial charge in [-0.3, -0.25) is 0 Å². The third kappa shape index (κ3) is 4.01. The number of hydrogen-bond acceptors (Lipinski definition) is 4. The van der Waals surface area contributed by atoms with Gasteiger partial charge in [0.25, 0.3) is 0 Å². The molecule has 4 nitrogen and oxygen atoms in total. The summed E-state index contributed by atoms with van der Waals surface area (Å²) in [6.45, 7) is 3.66. The van der Waals surface area contributed by atoms with Crippen LogP contribution in [0.2, 0.25) is 10.0 Å². The molecule has 1 N–H and O–H groups in total. The molecule has 0 spiro atoms. The topological polar surface area (TPSA) is 55.8 Å². The molecule has 0 radical (unpaired) electrons. The van der Waals surface area contributed by atoms with Crippen LogP contribution in [0.3, 0.4) is 0 Å². The second kappa shape index (κ2) is 7.72. The number of hydrogen-bond donors (Lipinski definition) is 1. The van der Waals surface area contributed by atoms with E-state index in [1.165, 1.54) is 7.11 Å². The van der Waals surface area contributed by atoms with Crippen molar-refractivity contribution in [3.8, 4) is 5.75 Å². The molecule has 0 amide bonds. The highest BCUT2D eigenvalue weighted by atomic mass is 35.5. The number of benzene rings is 1. The van der Waals surface area contributed by atoms with Crippen molar-refractivity contribution in [3.05, 3.63) is 27.7 Å². The Hall–Kier alpha value is -0.970. The van der Waals surface area contributed by atoms with Crippen molar-refractivity contribution < 1.29 is 19.4 Å². The maximum atomic E-state index is 11.0. The molecule has 0 aliphatic rings. The third-order valence-electron chi connectivity index (χ3n) is 3.15. The lowest BCUT2D eigenvalue weighted by Gasteiger charge is -2.20. The Bertz CT molecular complexity index is 476. The second-order valence-corrected chi connectivity index (χ2v) is 5.23. The molecule has 2 unspecified atom stereocenters. The number of carbonyl (C=O) groups excluding carboxylic acids is 1. The van der Waals surface area contributed by atoms with Crippen molar-refractivity contribution in [1.82, 2.24) is 0 Å². The van der Waals surface area contributed by atoms with Gasteiger partial charge in [0, 0.05) is 5.56 Å². The maximum Gasteiger partial charge on any atom is 0.343 e. The minimum Gasteiger partial charge on any atom is -0.480 e. The molecule has 2 atom stereocenters. The zero-order valence-electron chi connectivity index (χ0n) is 11.7. The van der Waals surface area contributed by atoms with E-state index < -0.39 is 12.1 Å². The zero-order valence-corrected chi connectivity index (χ0v) is 13.2. The van der Waals surface area contributed by atoms with Crippen LogP contribution in [0.15, 0.2) is 12.1 Å². The lowest BCUT2D eigenvalue weighted by Crippen LogP contribution is -2.13. The predicted molar refractivity (Wildman–Crippen MR) is 78.4 cm³/mol. The first-order valence-corrected chi connectivity index (χ1v) is 7.03. The lowest BCUT2D eigenvalue weighted by molar-refractivity contribution is -0.142. The molecule has 0 saturated heterocycles. The van der Waals surface area contributed by atoms with Crippen molar-refractivity contribution in [2.45, 2.75) is 26.4 Å². The van der Waals surface area contributed by atoms with E-state index in [-0.39, 0.29) is 28.3 Å². The number of halogens is 2. The Morgan fingerprint density at radius 1 is 1.35 bits per heavy atom. The fourth-order valence-electron chi connectivity index (χ4n) is 1.61. The van der Waals surface area contributed by atoms with Crippen molar-refractivity contribution in [1.29, 1.82) is 0 Å². The van der Waals surface area contributed by atoms with Crippen LogP contribution in [0.5, 0.6) is 5.75 Å². The van der Waals surface area contributed by atoms with Crippen molar-refractivity contribution >= 4 is 29.2 Å². The first-order chi connectivity index (χ1) is 9.42. The Labute approximate surface area is 128 Å². The van der Waals surface area contributed by atoms with Crippen LogP contribution in [0, 0.1) is 5.92 Å².